The van der Waals surface area contributed by atoms with E-state index < -0.39 is 0 Å². The van der Waals surface area contributed by atoms with Crippen molar-refractivity contribution in [2.75, 3.05) is 0 Å². The molecule has 5 heteroatoms. The number of nitrogens with zero attached hydrogens (tertiary/aromatic N) is 2. The quantitative estimate of drug-likeness (QED) is 0.773. The Morgan fingerprint density at radius 1 is 1.64 bits per heavy atom. The number of carbonyl (C=O) groups is 1. The second-order valence-corrected chi connectivity index (χ2v) is 3.82. The number of hydrogen-bond donors (Lipinski definition) is 0. The van der Waals surface area contributed by atoms with E-state index in [1.807, 2.05) is 17.5 Å². The van der Waals surface area contributed by atoms with E-state index in [1.54, 1.807) is 0 Å². The maximum atomic E-state index is 10.8. The highest BCUT2D eigenvalue weighted by Crippen LogP contribution is 2.22. The molecule has 0 N–H and O–H groups in total. The van der Waals surface area contributed by atoms with Gasteiger partial charge < -0.3 is 4.52 Å². The molecule has 0 aliphatic rings. The van der Waals surface area contributed by atoms with Crippen LogP contribution in [-0.2, 0) is 11.2 Å². The van der Waals surface area contributed by atoms with Crippen molar-refractivity contribution in [3.63, 3.8) is 0 Å². The highest BCUT2D eigenvalue weighted by atomic mass is 32.1. The van der Waals surface area contributed by atoms with Crippen molar-refractivity contribution in [2.45, 2.75) is 13.3 Å². The van der Waals surface area contributed by atoms with Crippen LogP contribution >= 0.6 is 11.3 Å². The molecule has 0 saturated heterocycles. The van der Waals surface area contributed by atoms with E-state index in [0.29, 0.717) is 11.7 Å². The smallest absolute Gasteiger partial charge is 0.267 e. The molecule has 0 bridgehead atoms. The normalized spacial score (nSPS) is 10.4. The van der Waals surface area contributed by atoms with E-state index in [9.17, 15) is 4.79 Å². The van der Waals surface area contributed by atoms with Crippen LogP contribution in [0.1, 0.15) is 12.7 Å². The summed E-state index contributed by atoms with van der Waals surface area (Å²) in [4.78, 5) is 15.8. The number of Topliss-reactive ketones (excluding diaryl/α,β-unsaturated/α-hetero) is 1. The van der Waals surface area contributed by atoms with Gasteiger partial charge in [-0.3, -0.25) is 4.79 Å². The molecule has 0 aliphatic heterocycles. The zero-order valence-corrected chi connectivity index (χ0v) is 8.37. The van der Waals surface area contributed by atoms with Gasteiger partial charge in [-0.1, -0.05) is 11.2 Å². The molecule has 0 amide bonds. The summed E-state index contributed by atoms with van der Waals surface area (Å²) in [5.74, 6) is 0.959. The molecule has 14 heavy (non-hydrogen) atoms. The molecule has 0 spiro atoms. The maximum absolute atomic E-state index is 10.8. The van der Waals surface area contributed by atoms with Gasteiger partial charge in [0, 0.05) is 0 Å². The van der Waals surface area contributed by atoms with Crippen LogP contribution in [0.4, 0.5) is 0 Å². The number of hydrogen-bond acceptors (Lipinski definition) is 5. The van der Waals surface area contributed by atoms with Gasteiger partial charge in [-0.15, -0.1) is 11.3 Å². The third-order valence-electron chi connectivity index (χ3n) is 1.61. The van der Waals surface area contributed by atoms with Crippen molar-refractivity contribution in [3.05, 3.63) is 23.3 Å². The summed E-state index contributed by atoms with van der Waals surface area (Å²) in [5.41, 5.74) is 0. The Labute approximate surface area is 84.6 Å². The van der Waals surface area contributed by atoms with Crippen LogP contribution in [0.25, 0.3) is 10.8 Å². The van der Waals surface area contributed by atoms with E-state index in [4.69, 9.17) is 4.52 Å². The first-order valence-corrected chi connectivity index (χ1v) is 4.99. The Morgan fingerprint density at radius 2 is 2.50 bits per heavy atom. The predicted molar refractivity (Wildman–Crippen MR) is 52.0 cm³/mol. The molecular formula is C9H8N2O2S. The third kappa shape index (κ3) is 1.88. The summed E-state index contributed by atoms with van der Waals surface area (Å²) in [6, 6.07) is 3.81. The van der Waals surface area contributed by atoms with Gasteiger partial charge in [0.2, 0.25) is 0 Å². The van der Waals surface area contributed by atoms with Gasteiger partial charge >= 0.3 is 0 Å². The number of rotatable bonds is 3. The summed E-state index contributed by atoms with van der Waals surface area (Å²) >= 11 is 1.53. The van der Waals surface area contributed by atoms with Crippen LogP contribution in [0.3, 0.4) is 0 Å². The van der Waals surface area contributed by atoms with E-state index in [-0.39, 0.29) is 12.2 Å². The fraction of sp³-hybridized carbons (Fsp3) is 0.222. The van der Waals surface area contributed by atoms with Gasteiger partial charge in [0.25, 0.3) is 5.89 Å². The van der Waals surface area contributed by atoms with E-state index in [2.05, 4.69) is 10.1 Å². The Hall–Kier alpha value is -1.49. The van der Waals surface area contributed by atoms with E-state index in [1.165, 1.54) is 18.3 Å². The summed E-state index contributed by atoms with van der Waals surface area (Å²) in [6.07, 6.45) is 0.231. The summed E-state index contributed by atoms with van der Waals surface area (Å²) < 4.78 is 5.01. The van der Waals surface area contributed by atoms with Crippen molar-refractivity contribution in [3.8, 4) is 10.8 Å². The molecule has 0 radical (unpaired) electrons. The van der Waals surface area contributed by atoms with Crippen LogP contribution < -0.4 is 0 Å². The first-order valence-electron chi connectivity index (χ1n) is 4.11. The maximum Gasteiger partial charge on any atom is 0.267 e. The molecule has 0 aromatic carbocycles. The lowest BCUT2D eigenvalue weighted by atomic mass is 10.3. The van der Waals surface area contributed by atoms with Crippen LogP contribution in [-0.4, -0.2) is 15.9 Å². The lowest BCUT2D eigenvalue weighted by Gasteiger charge is -1.84. The van der Waals surface area contributed by atoms with Gasteiger partial charge in [-0.2, -0.15) is 4.98 Å². The number of ketones is 1. The Morgan fingerprint density at radius 3 is 3.14 bits per heavy atom. The van der Waals surface area contributed by atoms with Crippen molar-refractivity contribution in [2.24, 2.45) is 0 Å². The van der Waals surface area contributed by atoms with Crippen LogP contribution in [0.2, 0.25) is 0 Å². The van der Waals surface area contributed by atoms with Gasteiger partial charge in [-0.25, -0.2) is 0 Å². The molecule has 4 nitrogen and oxygen atoms in total. The Balaban J connectivity index is 2.22. The van der Waals surface area contributed by atoms with Gasteiger partial charge in [0.15, 0.2) is 5.82 Å². The monoisotopic (exact) mass is 208 g/mol. The summed E-state index contributed by atoms with van der Waals surface area (Å²) in [5, 5.41) is 5.65. The summed E-state index contributed by atoms with van der Waals surface area (Å²) in [7, 11) is 0. The third-order valence-corrected chi connectivity index (χ3v) is 2.46. The molecule has 0 saturated carbocycles. The largest absolute Gasteiger partial charge is 0.333 e. The van der Waals surface area contributed by atoms with Crippen molar-refractivity contribution >= 4 is 17.1 Å². The van der Waals surface area contributed by atoms with E-state index in [0.717, 1.165) is 4.88 Å². The van der Waals surface area contributed by atoms with Crippen LogP contribution in [0.15, 0.2) is 22.0 Å². The zero-order valence-electron chi connectivity index (χ0n) is 7.56. The second-order valence-electron chi connectivity index (χ2n) is 2.87. The first-order chi connectivity index (χ1) is 6.75. The minimum Gasteiger partial charge on any atom is -0.333 e. The fourth-order valence-corrected chi connectivity index (χ4v) is 1.69. The lowest BCUT2D eigenvalue weighted by molar-refractivity contribution is -0.116. The second kappa shape index (κ2) is 3.71. The lowest BCUT2D eigenvalue weighted by Crippen LogP contribution is -1.97. The summed E-state index contributed by atoms with van der Waals surface area (Å²) in [6.45, 7) is 1.50. The van der Waals surface area contributed by atoms with Crippen molar-refractivity contribution in [1.29, 1.82) is 0 Å². The van der Waals surface area contributed by atoms with E-state index >= 15 is 0 Å². The molecule has 0 atom stereocenters. The predicted octanol–water partition coefficient (Wildman–Crippen LogP) is 1.93. The Kier molecular flexibility index (Phi) is 2.41. The number of aromatic nitrogens is 2. The molecule has 72 valence electrons. The molecule has 0 fully saturated rings. The first kappa shape index (κ1) is 9.08. The molecule has 0 unspecified atom stereocenters. The minimum atomic E-state index is 0.0310. The molecular weight excluding hydrogens is 200 g/mol. The minimum absolute atomic E-state index is 0.0310. The van der Waals surface area contributed by atoms with Gasteiger partial charge in [0.1, 0.15) is 5.78 Å². The molecule has 0 aliphatic carbocycles. The molecule has 2 rings (SSSR count). The molecule has 2 heterocycles. The van der Waals surface area contributed by atoms with Crippen LogP contribution in [0, 0.1) is 0 Å². The number of thiophene rings is 1. The molecule has 2 aromatic heterocycles. The SMILES string of the molecule is CC(=O)Cc1noc(-c2cccs2)n1. The van der Waals surface area contributed by atoms with Crippen molar-refractivity contribution < 1.29 is 9.32 Å². The van der Waals surface area contributed by atoms with Crippen LogP contribution in [0.5, 0.6) is 0 Å². The topological polar surface area (TPSA) is 56.0 Å². The number of carbonyl (C=O) groups excluding carboxylic acids is 1. The van der Waals surface area contributed by atoms with Crippen molar-refractivity contribution in [1.82, 2.24) is 10.1 Å². The standard InChI is InChI=1S/C9H8N2O2S/c1-6(12)5-8-10-9(13-11-8)7-3-2-4-14-7/h2-4H,5H2,1H3. The average molecular weight is 208 g/mol. The highest BCUT2D eigenvalue weighted by molar-refractivity contribution is 7.13. The van der Waals surface area contributed by atoms with Gasteiger partial charge in [-0.05, 0) is 18.4 Å². The zero-order chi connectivity index (χ0) is 9.97. The highest BCUT2D eigenvalue weighted by Gasteiger charge is 2.10. The average Bonchev–Trinajstić information content (AvgIpc) is 2.69. The fourth-order valence-electron chi connectivity index (χ4n) is 1.05. The Bertz CT molecular complexity index is 433. The van der Waals surface area contributed by atoms with Gasteiger partial charge in [0.05, 0.1) is 11.3 Å². The molecule has 2 aromatic rings.